The van der Waals surface area contributed by atoms with E-state index in [2.05, 4.69) is 26.0 Å². The van der Waals surface area contributed by atoms with Crippen molar-refractivity contribution in [3.63, 3.8) is 0 Å². The van der Waals surface area contributed by atoms with Gasteiger partial charge in [-0.1, -0.05) is 0 Å². The van der Waals surface area contributed by atoms with Crippen molar-refractivity contribution >= 4 is 21.6 Å². The highest BCUT2D eigenvalue weighted by Crippen LogP contribution is 2.08. The van der Waals surface area contributed by atoms with Crippen LogP contribution in [-0.4, -0.2) is 14.6 Å². The Bertz CT molecular complexity index is 398. The van der Waals surface area contributed by atoms with Crippen molar-refractivity contribution in [1.82, 2.24) is 14.6 Å². The molecule has 0 amide bonds. The Labute approximate surface area is 70.0 Å². The van der Waals surface area contributed by atoms with Crippen molar-refractivity contribution in [2.45, 2.75) is 0 Å². The Morgan fingerprint density at radius 1 is 1.55 bits per heavy atom. The molecule has 5 heteroatoms. The van der Waals surface area contributed by atoms with E-state index in [-0.39, 0.29) is 0 Å². The third kappa shape index (κ3) is 1.11. The summed E-state index contributed by atoms with van der Waals surface area (Å²) in [6.45, 7) is 0. The van der Waals surface area contributed by atoms with Crippen LogP contribution in [0.2, 0.25) is 0 Å². The maximum Gasteiger partial charge on any atom is 0.235 e. The summed E-state index contributed by atoms with van der Waals surface area (Å²) in [7, 11) is 0. The zero-order valence-electron chi connectivity index (χ0n) is 5.33. The molecule has 0 bridgehead atoms. The number of fused-ring (bicyclic) bond motifs is 1. The molecular formula is C6H3BrFN3. The fraction of sp³-hybridized carbons (Fsp3) is 0. The molecule has 2 rings (SSSR count). The third-order valence-corrected chi connectivity index (χ3v) is 1.66. The number of hydrogen-bond donors (Lipinski definition) is 0. The smallest absolute Gasteiger partial charge is 0.235 e. The number of aromatic nitrogens is 3. The molecule has 0 saturated heterocycles. The van der Waals surface area contributed by atoms with Crippen LogP contribution in [0.3, 0.4) is 0 Å². The van der Waals surface area contributed by atoms with E-state index in [9.17, 15) is 4.39 Å². The van der Waals surface area contributed by atoms with Crippen LogP contribution in [0.25, 0.3) is 5.65 Å². The summed E-state index contributed by atoms with van der Waals surface area (Å²) in [5, 5.41) is 3.53. The SMILES string of the molecule is Fc1cc2ncc(Br)cn2n1. The maximum absolute atomic E-state index is 12.5. The van der Waals surface area contributed by atoms with Gasteiger partial charge in [0.15, 0.2) is 5.65 Å². The van der Waals surface area contributed by atoms with E-state index in [0.29, 0.717) is 5.65 Å². The molecule has 11 heavy (non-hydrogen) atoms. The number of rotatable bonds is 0. The Balaban J connectivity index is 2.82. The lowest BCUT2D eigenvalue weighted by Crippen LogP contribution is -1.88. The summed E-state index contributed by atoms with van der Waals surface area (Å²) in [6, 6.07) is 1.27. The second-order valence-corrected chi connectivity index (χ2v) is 2.96. The third-order valence-electron chi connectivity index (χ3n) is 1.25. The predicted molar refractivity (Wildman–Crippen MR) is 40.6 cm³/mol. The van der Waals surface area contributed by atoms with Crippen molar-refractivity contribution in [2.24, 2.45) is 0 Å². The first-order valence-electron chi connectivity index (χ1n) is 2.92. The predicted octanol–water partition coefficient (Wildman–Crippen LogP) is 1.63. The van der Waals surface area contributed by atoms with Gasteiger partial charge in [0.05, 0.1) is 4.47 Å². The van der Waals surface area contributed by atoms with Crippen LogP contribution in [0, 0.1) is 5.95 Å². The van der Waals surface area contributed by atoms with Gasteiger partial charge in [-0.2, -0.15) is 4.39 Å². The molecule has 0 aliphatic carbocycles. The Hall–Kier alpha value is -0.970. The zero-order chi connectivity index (χ0) is 7.84. The lowest BCUT2D eigenvalue weighted by molar-refractivity contribution is 0.571. The Morgan fingerprint density at radius 2 is 2.36 bits per heavy atom. The number of hydrogen-bond acceptors (Lipinski definition) is 2. The van der Waals surface area contributed by atoms with Crippen molar-refractivity contribution in [3.05, 3.63) is 28.9 Å². The highest BCUT2D eigenvalue weighted by Gasteiger charge is 1.99. The van der Waals surface area contributed by atoms with Gasteiger partial charge in [0.1, 0.15) is 0 Å². The lowest BCUT2D eigenvalue weighted by Gasteiger charge is -1.90. The van der Waals surface area contributed by atoms with Crippen LogP contribution in [0.4, 0.5) is 4.39 Å². The lowest BCUT2D eigenvalue weighted by atomic mass is 10.6. The van der Waals surface area contributed by atoms with Gasteiger partial charge >= 0.3 is 0 Å². The van der Waals surface area contributed by atoms with E-state index < -0.39 is 5.95 Å². The molecule has 0 fully saturated rings. The van der Waals surface area contributed by atoms with Crippen LogP contribution >= 0.6 is 15.9 Å². The molecule has 0 spiro atoms. The van der Waals surface area contributed by atoms with Gasteiger partial charge < -0.3 is 0 Å². The van der Waals surface area contributed by atoms with E-state index in [0.717, 1.165) is 4.47 Å². The first-order chi connectivity index (χ1) is 5.25. The molecule has 0 unspecified atom stereocenters. The van der Waals surface area contributed by atoms with E-state index in [4.69, 9.17) is 0 Å². The molecule has 0 aliphatic heterocycles. The maximum atomic E-state index is 12.5. The van der Waals surface area contributed by atoms with Gasteiger partial charge in [-0.05, 0) is 15.9 Å². The van der Waals surface area contributed by atoms with E-state index >= 15 is 0 Å². The molecule has 0 aliphatic rings. The fourth-order valence-corrected chi connectivity index (χ4v) is 1.12. The Morgan fingerprint density at radius 3 is 3.18 bits per heavy atom. The standard InChI is InChI=1S/C6H3BrFN3/c7-4-2-9-6-1-5(8)10-11(6)3-4/h1-3H. The second-order valence-electron chi connectivity index (χ2n) is 2.04. The van der Waals surface area contributed by atoms with E-state index in [1.165, 1.54) is 10.6 Å². The summed E-state index contributed by atoms with van der Waals surface area (Å²) in [6.07, 6.45) is 3.24. The molecule has 0 atom stereocenters. The summed E-state index contributed by atoms with van der Waals surface area (Å²) < 4.78 is 14.6. The topological polar surface area (TPSA) is 30.2 Å². The van der Waals surface area contributed by atoms with E-state index in [1.807, 2.05) is 0 Å². The van der Waals surface area contributed by atoms with Crippen molar-refractivity contribution < 1.29 is 4.39 Å². The fourth-order valence-electron chi connectivity index (χ4n) is 0.825. The molecule has 2 aromatic heterocycles. The first kappa shape index (κ1) is 6.72. The molecule has 0 N–H and O–H groups in total. The van der Waals surface area contributed by atoms with Crippen molar-refractivity contribution in [1.29, 1.82) is 0 Å². The molecule has 3 nitrogen and oxygen atoms in total. The normalized spacial score (nSPS) is 10.7. The molecule has 0 radical (unpaired) electrons. The molecule has 56 valence electrons. The van der Waals surface area contributed by atoms with Gasteiger partial charge in [0.2, 0.25) is 5.95 Å². The van der Waals surface area contributed by atoms with Gasteiger partial charge in [-0.25, -0.2) is 9.50 Å². The summed E-state index contributed by atoms with van der Waals surface area (Å²) >= 11 is 3.20. The van der Waals surface area contributed by atoms with Crippen LogP contribution in [0.1, 0.15) is 0 Å². The average Bonchev–Trinajstić information content (AvgIpc) is 2.27. The van der Waals surface area contributed by atoms with Gasteiger partial charge in [0.25, 0.3) is 0 Å². The van der Waals surface area contributed by atoms with Crippen LogP contribution in [0.15, 0.2) is 22.9 Å². The van der Waals surface area contributed by atoms with Crippen molar-refractivity contribution in [2.75, 3.05) is 0 Å². The first-order valence-corrected chi connectivity index (χ1v) is 3.71. The quantitative estimate of drug-likeness (QED) is 0.669. The van der Waals surface area contributed by atoms with Gasteiger partial charge in [-0.15, -0.1) is 5.10 Å². The van der Waals surface area contributed by atoms with Crippen LogP contribution in [-0.2, 0) is 0 Å². The van der Waals surface area contributed by atoms with Gasteiger partial charge in [0, 0.05) is 18.5 Å². The van der Waals surface area contributed by atoms with Crippen LogP contribution in [0.5, 0.6) is 0 Å². The average molecular weight is 216 g/mol. The second kappa shape index (κ2) is 2.27. The minimum atomic E-state index is -0.518. The highest BCUT2D eigenvalue weighted by molar-refractivity contribution is 9.10. The Kier molecular flexibility index (Phi) is 1.38. The molecule has 0 saturated carbocycles. The molecule has 2 heterocycles. The number of halogens is 2. The minimum Gasteiger partial charge on any atom is -0.236 e. The minimum absolute atomic E-state index is 0.505. The van der Waals surface area contributed by atoms with Crippen molar-refractivity contribution in [3.8, 4) is 0 Å². The molecular weight excluding hydrogens is 213 g/mol. The molecule has 2 aromatic rings. The summed E-state index contributed by atoms with van der Waals surface area (Å²) in [4.78, 5) is 3.92. The summed E-state index contributed by atoms with van der Waals surface area (Å²) in [5.41, 5.74) is 0.505. The van der Waals surface area contributed by atoms with E-state index in [1.54, 1.807) is 12.4 Å². The highest BCUT2D eigenvalue weighted by atomic mass is 79.9. The van der Waals surface area contributed by atoms with Gasteiger partial charge in [-0.3, -0.25) is 0 Å². The summed E-state index contributed by atoms with van der Waals surface area (Å²) in [5.74, 6) is -0.518. The number of nitrogens with zero attached hydrogens (tertiary/aromatic N) is 3. The van der Waals surface area contributed by atoms with Crippen LogP contribution < -0.4 is 0 Å². The zero-order valence-corrected chi connectivity index (χ0v) is 6.92. The monoisotopic (exact) mass is 215 g/mol. The largest absolute Gasteiger partial charge is 0.236 e. The molecule has 0 aromatic carbocycles.